The second-order valence-corrected chi connectivity index (χ2v) is 4.67. The monoisotopic (exact) mass is 310 g/mol. The van der Waals surface area contributed by atoms with E-state index < -0.39 is 10.7 Å². The van der Waals surface area contributed by atoms with E-state index in [-0.39, 0.29) is 17.2 Å². The van der Waals surface area contributed by atoms with E-state index in [4.69, 9.17) is 16.3 Å². The number of benzene rings is 2. The lowest BCUT2D eigenvalue weighted by Crippen LogP contribution is -2.04. The Morgan fingerprint density at radius 3 is 2.67 bits per heavy atom. The first-order valence-corrected chi connectivity index (χ1v) is 6.44. The number of nitro benzene ring substituents is 1. The van der Waals surface area contributed by atoms with Gasteiger partial charge >= 0.3 is 5.69 Å². The van der Waals surface area contributed by atoms with Crippen LogP contribution in [0.25, 0.3) is 0 Å². The van der Waals surface area contributed by atoms with Crippen molar-refractivity contribution in [2.45, 2.75) is 6.54 Å². The fourth-order valence-corrected chi connectivity index (χ4v) is 2.02. The molecule has 2 rings (SSSR count). The van der Waals surface area contributed by atoms with Crippen molar-refractivity contribution in [2.24, 2.45) is 0 Å². The summed E-state index contributed by atoms with van der Waals surface area (Å²) in [6, 6.07) is 8.04. The Kier molecular flexibility index (Phi) is 4.72. The SMILES string of the molecule is CNCc1ccc(Oc2cc(F)ccc2[N+](=O)[O-])c(Cl)c1. The van der Waals surface area contributed by atoms with Crippen molar-refractivity contribution in [3.8, 4) is 11.5 Å². The molecule has 0 aliphatic carbocycles. The van der Waals surface area contributed by atoms with Crippen molar-refractivity contribution in [3.05, 3.63) is 62.9 Å². The van der Waals surface area contributed by atoms with Crippen molar-refractivity contribution in [2.75, 3.05) is 7.05 Å². The maximum absolute atomic E-state index is 13.2. The van der Waals surface area contributed by atoms with Crippen molar-refractivity contribution < 1.29 is 14.1 Å². The van der Waals surface area contributed by atoms with Crippen molar-refractivity contribution >= 4 is 17.3 Å². The van der Waals surface area contributed by atoms with E-state index in [1.54, 1.807) is 25.2 Å². The molecular formula is C14H12ClFN2O3. The Bertz CT molecular complexity index is 679. The number of halogens is 2. The Hall–Kier alpha value is -2.18. The quantitative estimate of drug-likeness (QED) is 0.672. The summed E-state index contributed by atoms with van der Waals surface area (Å²) >= 11 is 6.07. The second-order valence-electron chi connectivity index (χ2n) is 4.27. The highest BCUT2D eigenvalue weighted by Gasteiger charge is 2.17. The number of ether oxygens (including phenoxy) is 1. The molecule has 0 saturated carbocycles. The summed E-state index contributed by atoms with van der Waals surface area (Å²) in [6.45, 7) is 0.625. The molecule has 0 spiro atoms. The van der Waals surface area contributed by atoms with Gasteiger partial charge in [-0.2, -0.15) is 0 Å². The molecule has 5 nitrogen and oxygen atoms in total. The zero-order chi connectivity index (χ0) is 15.4. The Morgan fingerprint density at radius 2 is 2.05 bits per heavy atom. The van der Waals surface area contributed by atoms with Crippen LogP contribution >= 0.6 is 11.6 Å². The van der Waals surface area contributed by atoms with Crippen LogP contribution in [0.1, 0.15) is 5.56 Å². The first kappa shape index (κ1) is 15.2. The molecule has 0 saturated heterocycles. The minimum atomic E-state index is -0.641. The van der Waals surface area contributed by atoms with Gasteiger partial charge in [-0.25, -0.2) is 4.39 Å². The topological polar surface area (TPSA) is 64.4 Å². The summed E-state index contributed by atoms with van der Waals surface area (Å²) in [5, 5.41) is 14.2. The van der Waals surface area contributed by atoms with Crippen LogP contribution in [0.4, 0.5) is 10.1 Å². The van der Waals surface area contributed by atoms with Crippen LogP contribution in [-0.2, 0) is 6.54 Å². The lowest BCUT2D eigenvalue weighted by Gasteiger charge is -2.09. The van der Waals surface area contributed by atoms with Gasteiger partial charge in [0, 0.05) is 18.7 Å². The first-order valence-electron chi connectivity index (χ1n) is 6.06. The smallest absolute Gasteiger partial charge is 0.311 e. The molecule has 0 amide bonds. The van der Waals surface area contributed by atoms with E-state index >= 15 is 0 Å². The zero-order valence-corrected chi connectivity index (χ0v) is 11.9. The molecule has 0 heterocycles. The third-order valence-electron chi connectivity index (χ3n) is 2.72. The molecule has 1 N–H and O–H groups in total. The van der Waals surface area contributed by atoms with Gasteiger partial charge in [0.1, 0.15) is 11.6 Å². The van der Waals surface area contributed by atoms with Crippen LogP contribution < -0.4 is 10.1 Å². The van der Waals surface area contributed by atoms with Crippen LogP contribution in [0, 0.1) is 15.9 Å². The van der Waals surface area contributed by atoms with Gasteiger partial charge in [-0.15, -0.1) is 0 Å². The molecule has 0 radical (unpaired) electrons. The largest absolute Gasteiger partial charge is 0.448 e. The van der Waals surface area contributed by atoms with Gasteiger partial charge in [-0.1, -0.05) is 17.7 Å². The number of nitrogens with one attached hydrogen (secondary N) is 1. The fourth-order valence-electron chi connectivity index (χ4n) is 1.78. The molecular weight excluding hydrogens is 299 g/mol. The highest BCUT2D eigenvalue weighted by molar-refractivity contribution is 6.32. The first-order chi connectivity index (χ1) is 10.0. The number of hydrogen-bond acceptors (Lipinski definition) is 4. The summed E-state index contributed by atoms with van der Waals surface area (Å²) in [5.74, 6) is -0.591. The number of rotatable bonds is 5. The molecule has 0 bridgehead atoms. The average Bonchev–Trinajstić information content (AvgIpc) is 2.42. The molecule has 0 unspecified atom stereocenters. The molecule has 2 aromatic rings. The van der Waals surface area contributed by atoms with E-state index in [1.807, 2.05) is 0 Å². The highest BCUT2D eigenvalue weighted by Crippen LogP contribution is 2.35. The van der Waals surface area contributed by atoms with Crippen LogP contribution in [0.2, 0.25) is 5.02 Å². The zero-order valence-electron chi connectivity index (χ0n) is 11.1. The number of nitrogens with zero attached hydrogens (tertiary/aromatic N) is 1. The van der Waals surface area contributed by atoms with Gasteiger partial charge < -0.3 is 10.1 Å². The van der Waals surface area contributed by atoms with E-state index in [2.05, 4.69) is 5.32 Å². The van der Waals surface area contributed by atoms with E-state index in [9.17, 15) is 14.5 Å². The minimum absolute atomic E-state index is 0.191. The lowest BCUT2D eigenvalue weighted by atomic mass is 10.2. The Labute approximate surface area is 125 Å². The summed E-state index contributed by atoms with van der Waals surface area (Å²) in [7, 11) is 1.80. The van der Waals surface area contributed by atoms with Gasteiger partial charge in [0.25, 0.3) is 0 Å². The molecule has 110 valence electrons. The minimum Gasteiger partial charge on any atom is -0.448 e. The molecule has 0 aromatic heterocycles. The summed E-state index contributed by atoms with van der Waals surface area (Å²) < 4.78 is 18.6. The van der Waals surface area contributed by atoms with Crippen molar-refractivity contribution in [1.29, 1.82) is 0 Å². The highest BCUT2D eigenvalue weighted by atomic mass is 35.5. The molecule has 0 fully saturated rings. The van der Waals surface area contributed by atoms with Gasteiger partial charge in [-0.05, 0) is 30.8 Å². The van der Waals surface area contributed by atoms with E-state index in [0.717, 1.165) is 23.8 Å². The maximum atomic E-state index is 13.2. The summed E-state index contributed by atoms with van der Waals surface area (Å²) in [6.07, 6.45) is 0. The van der Waals surface area contributed by atoms with Gasteiger partial charge in [-0.3, -0.25) is 10.1 Å². The van der Waals surface area contributed by atoms with Crippen molar-refractivity contribution in [1.82, 2.24) is 5.32 Å². The van der Waals surface area contributed by atoms with E-state index in [0.29, 0.717) is 11.6 Å². The third kappa shape index (κ3) is 3.68. The van der Waals surface area contributed by atoms with Crippen LogP contribution in [0.5, 0.6) is 11.5 Å². The van der Waals surface area contributed by atoms with E-state index in [1.165, 1.54) is 0 Å². The summed E-state index contributed by atoms with van der Waals surface area (Å²) in [4.78, 5) is 10.3. The predicted octanol–water partition coefficient (Wildman–Crippen LogP) is 3.90. The molecule has 2 aromatic carbocycles. The number of hydrogen-bond donors (Lipinski definition) is 1. The molecule has 21 heavy (non-hydrogen) atoms. The van der Waals surface area contributed by atoms with Gasteiger partial charge in [0.05, 0.1) is 9.95 Å². The number of nitro groups is 1. The normalized spacial score (nSPS) is 10.4. The molecule has 0 aliphatic heterocycles. The van der Waals surface area contributed by atoms with Gasteiger partial charge in [0.2, 0.25) is 5.75 Å². The van der Waals surface area contributed by atoms with Crippen LogP contribution in [0.15, 0.2) is 36.4 Å². The van der Waals surface area contributed by atoms with Crippen molar-refractivity contribution in [3.63, 3.8) is 0 Å². The van der Waals surface area contributed by atoms with Crippen LogP contribution in [-0.4, -0.2) is 12.0 Å². The standard InChI is InChI=1S/C14H12ClFN2O3/c1-17-8-9-2-5-13(11(15)6-9)21-14-7-10(16)3-4-12(14)18(19)20/h2-7,17H,8H2,1H3. The maximum Gasteiger partial charge on any atom is 0.311 e. The Balaban J connectivity index is 2.34. The predicted molar refractivity (Wildman–Crippen MR) is 77.3 cm³/mol. The molecule has 0 aliphatic rings. The fraction of sp³-hybridized carbons (Fsp3) is 0.143. The third-order valence-corrected chi connectivity index (χ3v) is 3.01. The van der Waals surface area contributed by atoms with Gasteiger partial charge in [0.15, 0.2) is 0 Å². The Morgan fingerprint density at radius 1 is 1.29 bits per heavy atom. The second kappa shape index (κ2) is 6.51. The lowest BCUT2D eigenvalue weighted by molar-refractivity contribution is -0.385. The molecule has 0 atom stereocenters. The van der Waals surface area contributed by atoms with Crippen LogP contribution in [0.3, 0.4) is 0 Å². The summed E-state index contributed by atoms with van der Waals surface area (Å²) in [5.41, 5.74) is 0.607. The average molecular weight is 311 g/mol. The molecule has 7 heteroatoms.